The van der Waals surface area contributed by atoms with E-state index in [1.165, 1.54) is 12.1 Å². The van der Waals surface area contributed by atoms with Crippen LogP contribution in [0.15, 0.2) is 55.1 Å². The van der Waals surface area contributed by atoms with Crippen molar-refractivity contribution in [3.05, 3.63) is 72.1 Å². The van der Waals surface area contributed by atoms with Crippen molar-refractivity contribution in [1.82, 2.24) is 19.6 Å². The monoisotopic (exact) mass is 449 g/mol. The third-order valence-corrected chi connectivity index (χ3v) is 5.85. The number of amides is 2. The number of aromatic nitrogens is 2. The van der Waals surface area contributed by atoms with Crippen molar-refractivity contribution >= 4 is 17.5 Å². The molecule has 9 heteroatoms. The minimum absolute atomic E-state index is 0.0748. The molecular weight excluding hydrogens is 425 g/mol. The number of benzene rings is 1. The highest BCUT2D eigenvalue weighted by Gasteiger charge is 2.35. The number of alkyl carbamates (subject to hydrolysis) is 1. The van der Waals surface area contributed by atoms with Crippen molar-refractivity contribution in [2.75, 3.05) is 13.1 Å². The van der Waals surface area contributed by atoms with Gasteiger partial charge in [0.05, 0.1) is 42.1 Å². The number of hydrogen-bond acceptors (Lipinski definition) is 5. The van der Waals surface area contributed by atoms with Gasteiger partial charge in [-0.3, -0.25) is 4.79 Å². The van der Waals surface area contributed by atoms with Crippen molar-refractivity contribution in [3.63, 3.8) is 0 Å². The Bertz CT molecular complexity index is 1200. The second-order valence-electron chi connectivity index (χ2n) is 8.14. The molecule has 1 N–H and O–H groups in total. The summed E-state index contributed by atoms with van der Waals surface area (Å²) in [5.41, 5.74) is 1.96. The van der Waals surface area contributed by atoms with Gasteiger partial charge >= 0.3 is 6.09 Å². The molecular formula is C24H24FN5O3. The Kier molecular flexibility index (Phi) is 6.54. The van der Waals surface area contributed by atoms with Gasteiger partial charge in [0.2, 0.25) is 0 Å². The SMILES string of the molecule is CC(CC#N)OC(=O)N[C@@H]1CN(C(=O)c2cccn3cncc23)CC[C@H]1c1cccc(F)c1. The van der Waals surface area contributed by atoms with E-state index >= 15 is 0 Å². The molecule has 1 unspecified atom stereocenters. The molecule has 1 aliphatic heterocycles. The van der Waals surface area contributed by atoms with E-state index in [-0.39, 0.29) is 30.6 Å². The lowest BCUT2D eigenvalue weighted by Gasteiger charge is -2.39. The molecule has 33 heavy (non-hydrogen) atoms. The van der Waals surface area contributed by atoms with E-state index in [0.717, 1.165) is 5.56 Å². The van der Waals surface area contributed by atoms with E-state index in [2.05, 4.69) is 10.3 Å². The fourth-order valence-corrected chi connectivity index (χ4v) is 4.26. The average molecular weight is 449 g/mol. The van der Waals surface area contributed by atoms with E-state index in [1.807, 2.05) is 18.3 Å². The van der Waals surface area contributed by atoms with Crippen LogP contribution in [-0.2, 0) is 4.74 Å². The number of fused-ring (bicyclic) bond motifs is 1. The summed E-state index contributed by atoms with van der Waals surface area (Å²) in [5, 5.41) is 11.6. The van der Waals surface area contributed by atoms with Crippen LogP contribution in [-0.4, -0.2) is 51.5 Å². The normalized spacial score (nSPS) is 19.0. The Balaban J connectivity index is 1.56. The molecule has 2 amide bonds. The molecule has 3 atom stereocenters. The standard InChI is InChI=1S/C24H24FN5O3/c1-16(7-9-26)33-24(32)28-21-14-29(11-8-19(21)17-4-2-5-18(25)12-17)23(31)20-6-3-10-30-15-27-13-22(20)30/h2-6,10,12-13,15-16,19,21H,7-8,11,14H2,1H3,(H,28,32)/t16?,19-,21+/m0/s1. The molecule has 0 aliphatic carbocycles. The van der Waals surface area contributed by atoms with Crippen LogP contribution in [0.2, 0.25) is 0 Å². The smallest absolute Gasteiger partial charge is 0.407 e. The molecule has 3 heterocycles. The number of halogens is 1. The number of rotatable bonds is 5. The zero-order chi connectivity index (χ0) is 23.4. The van der Waals surface area contributed by atoms with Gasteiger partial charge < -0.3 is 19.4 Å². The number of hydrogen-bond donors (Lipinski definition) is 1. The Hall–Kier alpha value is -3.93. The molecule has 0 bridgehead atoms. The number of imidazole rings is 1. The van der Waals surface area contributed by atoms with Gasteiger partial charge in [-0.15, -0.1) is 0 Å². The Morgan fingerprint density at radius 3 is 3.00 bits per heavy atom. The number of nitriles is 1. The van der Waals surface area contributed by atoms with Crippen molar-refractivity contribution in [2.24, 2.45) is 0 Å². The summed E-state index contributed by atoms with van der Waals surface area (Å²) in [4.78, 5) is 31.6. The Morgan fingerprint density at radius 1 is 1.36 bits per heavy atom. The zero-order valence-electron chi connectivity index (χ0n) is 18.1. The van der Waals surface area contributed by atoms with E-state index in [0.29, 0.717) is 24.0 Å². The molecule has 4 rings (SSSR count). The molecule has 0 saturated carbocycles. The van der Waals surface area contributed by atoms with Gasteiger partial charge in [0.25, 0.3) is 5.91 Å². The van der Waals surface area contributed by atoms with Crippen LogP contribution in [0.3, 0.4) is 0 Å². The third kappa shape index (κ3) is 4.95. The van der Waals surface area contributed by atoms with Crippen LogP contribution < -0.4 is 5.32 Å². The maximum absolute atomic E-state index is 13.9. The highest BCUT2D eigenvalue weighted by molar-refractivity contribution is 6.00. The van der Waals surface area contributed by atoms with Crippen LogP contribution in [0, 0.1) is 17.1 Å². The lowest BCUT2D eigenvalue weighted by Crippen LogP contribution is -2.53. The first kappa shape index (κ1) is 22.3. The van der Waals surface area contributed by atoms with Crippen molar-refractivity contribution in [3.8, 4) is 6.07 Å². The van der Waals surface area contributed by atoms with Gasteiger partial charge in [0.15, 0.2) is 0 Å². The summed E-state index contributed by atoms with van der Waals surface area (Å²) in [6.07, 6.45) is 4.46. The highest BCUT2D eigenvalue weighted by atomic mass is 19.1. The number of nitrogens with zero attached hydrogens (tertiary/aromatic N) is 4. The summed E-state index contributed by atoms with van der Waals surface area (Å²) in [7, 11) is 0. The zero-order valence-corrected chi connectivity index (χ0v) is 18.1. The predicted octanol–water partition coefficient (Wildman–Crippen LogP) is 3.50. The maximum atomic E-state index is 13.9. The van der Waals surface area contributed by atoms with Crippen LogP contribution in [0.5, 0.6) is 0 Å². The van der Waals surface area contributed by atoms with Crippen molar-refractivity contribution in [2.45, 2.75) is 37.8 Å². The summed E-state index contributed by atoms with van der Waals surface area (Å²) in [6, 6.07) is 11.3. The van der Waals surface area contributed by atoms with E-state index in [4.69, 9.17) is 10.00 Å². The molecule has 0 radical (unpaired) electrons. The van der Waals surface area contributed by atoms with E-state index < -0.39 is 18.2 Å². The summed E-state index contributed by atoms with van der Waals surface area (Å²) < 4.78 is 20.9. The Morgan fingerprint density at radius 2 is 2.21 bits per heavy atom. The fraction of sp³-hybridized carbons (Fsp3) is 0.333. The first-order valence-electron chi connectivity index (χ1n) is 10.8. The summed E-state index contributed by atoms with van der Waals surface area (Å²) in [5.74, 6) is -0.728. The Labute approximate surface area is 190 Å². The summed E-state index contributed by atoms with van der Waals surface area (Å²) in [6.45, 7) is 2.32. The number of carbonyl (C=O) groups is 2. The number of piperidine rings is 1. The summed E-state index contributed by atoms with van der Waals surface area (Å²) >= 11 is 0. The first-order valence-corrected chi connectivity index (χ1v) is 10.8. The minimum Gasteiger partial charge on any atom is -0.445 e. The van der Waals surface area contributed by atoms with Gasteiger partial charge in [0.1, 0.15) is 11.9 Å². The molecule has 2 aromatic heterocycles. The minimum atomic E-state index is -0.670. The molecule has 1 aromatic carbocycles. The van der Waals surface area contributed by atoms with Crippen molar-refractivity contribution in [1.29, 1.82) is 5.26 Å². The lowest BCUT2D eigenvalue weighted by molar-refractivity contribution is 0.0647. The quantitative estimate of drug-likeness (QED) is 0.643. The number of ether oxygens (including phenoxy) is 1. The molecule has 8 nitrogen and oxygen atoms in total. The van der Waals surface area contributed by atoms with Crippen molar-refractivity contribution < 1.29 is 18.7 Å². The molecule has 0 spiro atoms. The van der Waals surface area contributed by atoms with Crippen LogP contribution in [0.4, 0.5) is 9.18 Å². The van der Waals surface area contributed by atoms with Crippen LogP contribution in [0.25, 0.3) is 5.52 Å². The van der Waals surface area contributed by atoms with E-state index in [9.17, 15) is 14.0 Å². The molecule has 3 aromatic rings. The van der Waals surface area contributed by atoms with Gasteiger partial charge in [-0.2, -0.15) is 5.26 Å². The van der Waals surface area contributed by atoms with Gasteiger partial charge in [-0.05, 0) is 43.2 Å². The highest BCUT2D eigenvalue weighted by Crippen LogP contribution is 2.30. The third-order valence-electron chi connectivity index (χ3n) is 5.85. The van der Waals surface area contributed by atoms with Crippen LogP contribution in [0.1, 0.15) is 41.6 Å². The number of pyridine rings is 1. The van der Waals surface area contributed by atoms with Crippen LogP contribution >= 0.6 is 0 Å². The lowest BCUT2D eigenvalue weighted by atomic mass is 9.85. The topological polar surface area (TPSA) is 99.7 Å². The molecule has 1 saturated heterocycles. The maximum Gasteiger partial charge on any atom is 0.407 e. The predicted molar refractivity (Wildman–Crippen MR) is 118 cm³/mol. The number of carbonyl (C=O) groups excluding carboxylic acids is 2. The first-order chi connectivity index (χ1) is 16.0. The fourth-order valence-electron chi connectivity index (χ4n) is 4.26. The number of likely N-dealkylation sites (tertiary alicyclic amines) is 1. The second-order valence-corrected chi connectivity index (χ2v) is 8.14. The second kappa shape index (κ2) is 9.69. The molecule has 1 fully saturated rings. The van der Waals surface area contributed by atoms with Gasteiger partial charge in [-0.1, -0.05) is 12.1 Å². The van der Waals surface area contributed by atoms with E-state index in [1.54, 1.807) is 46.9 Å². The number of nitrogens with one attached hydrogen (secondary N) is 1. The molecule has 170 valence electrons. The van der Waals surface area contributed by atoms with Gasteiger partial charge in [0, 0.05) is 25.2 Å². The van der Waals surface area contributed by atoms with Gasteiger partial charge in [-0.25, -0.2) is 14.2 Å². The molecule has 1 aliphatic rings. The largest absolute Gasteiger partial charge is 0.445 e. The average Bonchev–Trinajstić information content (AvgIpc) is 3.27.